The van der Waals surface area contributed by atoms with E-state index in [0.717, 1.165) is 23.7 Å². The molecule has 1 amide bonds. The van der Waals surface area contributed by atoms with Gasteiger partial charge in [-0.3, -0.25) is 9.69 Å². The van der Waals surface area contributed by atoms with Crippen molar-refractivity contribution in [2.24, 2.45) is 0 Å². The molecule has 1 aromatic carbocycles. The first-order valence-electron chi connectivity index (χ1n) is 7.38. The molecule has 3 rings (SSSR count). The van der Waals surface area contributed by atoms with Crippen LogP contribution in [0.4, 0.5) is 5.69 Å². The fraction of sp³-hybridized carbons (Fsp3) is 0.353. The maximum absolute atomic E-state index is 12.4. The van der Waals surface area contributed by atoms with Gasteiger partial charge >= 0.3 is 0 Å². The molecule has 0 saturated carbocycles. The van der Waals surface area contributed by atoms with Crippen molar-refractivity contribution in [2.45, 2.75) is 37.9 Å². The summed E-state index contributed by atoms with van der Waals surface area (Å²) >= 11 is 3.32. The molecular formula is C17H20N2OS2. The highest BCUT2D eigenvalue weighted by molar-refractivity contribution is 7.98. The summed E-state index contributed by atoms with van der Waals surface area (Å²) < 4.78 is 0. The zero-order chi connectivity index (χ0) is 15.7. The Bertz CT molecular complexity index is 653. The van der Waals surface area contributed by atoms with Crippen LogP contribution >= 0.6 is 23.1 Å². The van der Waals surface area contributed by atoms with Gasteiger partial charge in [0.25, 0.3) is 5.91 Å². The third-order valence-electron chi connectivity index (χ3n) is 3.92. The first-order chi connectivity index (χ1) is 10.6. The number of benzene rings is 1. The van der Waals surface area contributed by atoms with Crippen molar-refractivity contribution < 1.29 is 4.79 Å². The second-order valence-electron chi connectivity index (χ2n) is 5.74. The molecule has 1 N–H and O–H groups in total. The summed E-state index contributed by atoms with van der Waals surface area (Å²) in [5.41, 5.74) is 2.15. The Hall–Kier alpha value is -1.30. The smallest absolute Gasteiger partial charge is 0.265 e. The van der Waals surface area contributed by atoms with Crippen molar-refractivity contribution in [1.29, 1.82) is 0 Å². The monoisotopic (exact) mass is 332 g/mol. The number of anilines is 1. The van der Waals surface area contributed by atoms with Crippen LogP contribution in [0.1, 0.15) is 34.0 Å². The first-order valence-corrected chi connectivity index (χ1v) is 9.42. The summed E-state index contributed by atoms with van der Waals surface area (Å²) in [6, 6.07) is 10.5. The van der Waals surface area contributed by atoms with E-state index in [1.807, 2.05) is 36.6 Å². The molecule has 3 nitrogen and oxygen atoms in total. The third-order valence-corrected chi connectivity index (χ3v) is 5.82. The number of amides is 1. The summed E-state index contributed by atoms with van der Waals surface area (Å²) in [5, 5.41) is 2.98. The van der Waals surface area contributed by atoms with Crippen LogP contribution in [0.25, 0.3) is 0 Å². The van der Waals surface area contributed by atoms with E-state index >= 15 is 0 Å². The number of nitrogens with zero attached hydrogens (tertiary/aromatic N) is 1. The maximum atomic E-state index is 12.4. The average Bonchev–Trinajstić information content (AvgIpc) is 3.06. The van der Waals surface area contributed by atoms with E-state index < -0.39 is 0 Å². The van der Waals surface area contributed by atoms with Gasteiger partial charge in [-0.05, 0) is 56.0 Å². The van der Waals surface area contributed by atoms with Gasteiger partial charge < -0.3 is 5.32 Å². The summed E-state index contributed by atoms with van der Waals surface area (Å²) in [6.45, 7) is 6.34. The first kappa shape index (κ1) is 15.6. The molecule has 0 fully saturated rings. The fourth-order valence-corrected chi connectivity index (χ4v) is 4.04. The molecule has 1 aliphatic rings. The molecule has 2 aromatic rings. The molecular weight excluding hydrogens is 312 g/mol. The minimum Gasteiger partial charge on any atom is -0.321 e. The maximum Gasteiger partial charge on any atom is 0.265 e. The van der Waals surface area contributed by atoms with Crippen molar-refractivity contribution in [3.05, 3.63) is 45.6 Å². The Kier molecular flexibility index (Phi) is 4.57. The molecule has 116 valence electrons. The molecule has 0 atom stereocenters. The van der Waals surface area contributed by atoms with Crippen molar-refractivity contribution in [1.82, 2.24) is 4.90 Å². The predicted octanol–water partition coefficient (Wildman–Crippen LogP) is 4.45. The van der Waals surface area contributed by atoms with E-state index in [1.165, 1.54) is 15.3 Å². The lowest BCUT2D eigenvalue weighted by Crippen LogP contribution is -2.24. The molecule has 0 saturated heterocycles. The number of thioether (sulfide) groups is 1. The Morgan fingerprint density at radius 1 is 1.27 bits per heavy atom. The highest BCUT2D eigenvalue weighted by atomic mass is 32.2. The molecule has 0 bridgehead atoms. The lowest BCUT2D eigenvalue weighted by Gasteiger charge is -2.19. The number of carbonyl (C=O) groups excluding carboxylic acids is 1. The molecule has 0 unspecified atom stereocenters. The Labute approximate surface area is 139 Å². The van der Waals surface area contributed by atoms with Crippen molar-refractivity contribution in [2.75, 3.05) is 11.6 Å². The van der Waals surface area contributed by atoms with Gasteiger partial charge in [0, 0.05) is 34.6 Å². The van der Waals surface area contributed by atoms with Crippen LogP contribution in [0.2, 0.25) is 0 Å². The van der Waals surface area contributed by atoms with Gasteiger partial charge in [-0.15, -0.1) is 23.1 Å². The summed E-state index contributed by atoms with van der Waals surface area (Å²) in [7, 11) is 0. The van der Waals surface area contributed by atoms with Crippen LogP contribution in [0.5, 0.6) is 0 Å². The number of fused-ring (bicyclic) bond motifs is 1. The highest BCUT2D eigenvalue weighted by Gasteiger charge is 2.25. The summed E-state index contributed by atoms with van der Waals surface area (Å²) in [6.07, 6.45) is 2.04. The van der Waals surface area contributed by atoms with Crippen molar-refractivity contribution >= 4 is 34.7 Å². The Morgan fingerprint density at radius 2 is 2.00 bits per heavy atom. The van der Waals surface area contributed by atoms with Gasteiger partial charge in [0.15, 0.2) is 0 Å². The number of carbonyl (C=O) groups is 1. The number of hydrogen-bond donors (Lipinski definition) is 1. The molecule has 0 aliphatic carbocycles. The second-order valence-corrected chi connectivity index (χ2v) is 7.76. The van der Waals surface area contributed by atoms with E-state index in [0.29, 0.717) is 6.04 Å². The molecule has 1 aliphatic heterocycles. The van der Waals surface area contributed by atoms with Crippen LogP contribution in [0, 0.1) is 0 Å². The minimum atomic E-state index is -0.00704. The van der Waals surface area contributed by atoms with E-state index in [-0.39, 0.29) is 5.91 Å². The van der Waals surface area contributed by atoms with Crippen LogP contribution in [-0.4, -0.2) is 23.1 Å². The lowest BCUT2D eigenvalue weighted by atomic mass is 10.2. The Morgan fingerprint density at radius 3 is 2.59 bits per heavy atom. The highest BCUT2D eigenvalue weighted by Crippen LogP contribution is 2.32. The average molecular weight is 332 g/mol. The topological polar surface area (TPSA) is 32.3 Å². The number of thiophene rings is 1. The quantitative estimate of drug-likeness (QED) is 0.840. The van der Waals surface area contributed by atoms with E-state index in [2.05, 4.69) is 24.1 Å². The lowest BCUT2D eigenvalue weighted by molar-refractivity contribution is 0.103. The normalized spacial score (nSPS) is 14.4. The van der Waals surface area contributed by atoms with Gasteiger partial charge in [0.1, 0.15) is 0 Å². The van der Waals surface area contributed by atoms with Crippen LogP contribution in [0.3, 0.4) is 0 Å². The van der Waals surface area contributed by atoms with Gasteiger partial charge in [0.2, 0.25) is 0 Å². The van der Waals surface area contributed by atoms with Crippen molar-refractivity contribution in [3.8, 4) is 0 Å². The zero-order valence-electron chi connectivity index (χ0n) is 13.1. The third kappa shape index (κ3) is 3.21. The molecule has 22 heavy (non-hydrogen) atoms. The van der Waals surface area contributed by atoms with Gasteiger partial charge in [-0.2, -0.15) is 0 Å². The molecule has 5 heteroatoms. The largest absolute Gasteiger partial charge is 0.321 e. The number of nitrogens with one attached hydrogen (secondary N) is 1. The molecule has 2 heterocycles. The molecule has 1 aromatic heterocycles. The number of hydrogen-bond acceptors (Lipinski definition) is 4. The SMILES string of the molecule is CSc1ccc(NC(=O)c2cc3c(s2)CN(C(C)C)C3)cc1. The summed E-state index contributed by atoms with van der Waals surface area (Å²) in [4.78, 5) is 18.1. The van der Waals surface area contributed by atoms with Gasteiger partial charge in [-0.25, -0.2) is 0 Å². The fourth-order valence-electron chi connectivity index (χ4n) is 2.54. The van der Waals surface area contributed by atoms with Gasteiger partial charge in [0.05, 0.1) is 4.88 Å². The predicted molar refractivity (Wildman–Crippen MR) is 94.9 cm³/mol. The van der Waals surface area contributed by atoms with Crippen LogP contribution in [-0.2, 0) is 13.1 Å². The second kappa shape index (κ2) is 6.44. The van der Waals surface area contributed by atoms with Crippen molar-refractivity contribution in [3.63, 3.8) is 0 Å². The minimum absolute atomic E-state index is 0.00704. The standard InChI is InChI=1S/C17H20N2OS2/c1-11(2)19-9-12-8-15(22-16(12)10-19)17(20)18-13-4-6-14(21-3)7-5-13/h4-8,11H,9-10H2,1-3H3,(H,18,20). The Balaban J connectivity index is 1.68. The molecule has 0 radical (unpaired) electrons. The van der Waals surface area contributed by atoms with Crippen LogP contribution < -0.4 is 5.32 Å². The zero-order valence-corrected chi connectivity index (χ0v) is 14.7. The van der Waals surface area contributed by atoms with Crippen LogP contribution in [0.15, 0.2) is 35.2 Å². The van der Waals surface area contributed by atoms with Gasteiger partial charge in [-0.1, -0.05) is 0 Å². The number of rotatable bonds is 4. The van der Waals surface area contributed by atoms with E-state index in [1.54, 1.807) is 23.1 Å². The van der Waals surface area contributed by atoms with E-state index in [9.17, 15) is 4.79 Å². The summed E-state index contributed by atoms with van der Waals surface area (Å²) in [5.74, 6) is -0.00704. The molecule has 0 spiro atoms. The van der Waals surface area contributed by atoms with E-state index in [4.69, 9.17) is 0 Å².